The molecular weight excluding hydrogens is 462 g/mol. The van der Waals surface area contributed by atoms with Gasteiger partial charge in [0.05, 0.1) is 28.9 Å². The number of benzene rings is 3. The second-order valence-electron chi connectivity index (χ2n) is 8.00. The summed E-state index contributed by atoms with van der Waals surface area (Å²) in [6.45, 7) is 2.53. The van der Waals surface area contributed by atoms with Crippen LogP contribution < -0.4 is 11.1 Å². The Balaban J connectivity index is 1.46. The summed E-state index contributed by atoms with van der Waals surface area (Å²) >= 11 is 1.70. The fourth-order valence-electron chi connectivity index (χ4n) is 3.81. The lowest BCUT2D eigenvalue weighted by Gasteiger charge is -2.19. The van der Waals surface area contributed by atoms with E-state index in [1.165, 1.54) is 17.7 Å². The number of thioether (sulfide) groups is 1. The highest BCUT2D eigenvalue weighted by Gasteiger charge is 2.26. The summed E-state index contributed by atoms with van der Waals surface area (Å²) in [5.74, 6) is 1.47. The number of hydrazone groups is 1. The van der Waals surface area contributed by atoms with Crippen molar-refractivity contribution in [1.82, 2.24) is 25.9 Å². The molecule has 0 saturated heterocycles. The van der Waals surface area contributed by atoms with Gasteiger partial charge in [-0.1, -0.05) is 60.7 Å². The molecule has 0 saturated carbocycles. The van der Waals surface area contributed by atoms with Crippen LogP contribution in [0, 0.1) is 17.0 Å². The predicted molar refractivity (Wildman–Crippen MR) is 136 cm³/mol. The highest BCUT2D eigenvalue weighted by molar-refractivity contribution is 7.98. The number of nitro benzene ring substituents is 1. The van der Waals surface area contributed by atoms with Gasteiger partial charge < -0.3 is 0 Å². The zero-order chi connectivity index (χ0) is 24.2. The highest BCUT2D eigenvalue weighted by Crippen LogP contribution is 2.31. The van der Waals surface area contributed by atoms with Crippen molar-refractivity contribution in [1.29, 1.82) is 0 Å². The van der Waals surface area contributed by atoms with Crippen LogP contribution in [0.5, 0.6) is 0 Å². The summed E-state index contributed by atoms with van der Waals surface area (Å²) < 4.78 is 1.96. The highest BCUT2D eigenvalue weighted by atomic mass is 32.2. The molecule has 2 N–H and O–H groups in total. The van der Waals surface area contributed by atoms with Crippen LogP contribution in [-0.2, 0) is 12.3 Å². The molecule has 0 fully saturated rings. The van der Waals surface area contributed by atoms with Crippen molar-refractivity contribution in [3.63, 3.8) is 0 Å². The number of para-hydroxylation sites is 1. The predicted octanol–water partition coefficient (Wildman–Crippen LogP) is 4.57. The summed E-state index contributed by atoms with van der Waals surface area (Å²) in [7, 11) is 0. The van der Waals surface area contributed by atoms with Crippen molar-refractivity contribution in [2.24, 2.45) is 5.10 Å². The fraction of sp³-hybridized carbons (Fsp3) is 0.120. The first kappa shape index (κ1) is 22.6. The standard InChI is InChI=1S/C25H23N7O2S/c1-18-7-5-6-10-23(18)31-25(35-17-20-8-3-2-4-9-20)22(15-26-31)24-27-28-29-30(24)16-19-11-13-21(14-12-19)32(33)34/h2-15,28-29H,16-17H2,1H3. The lowest BCUT2D eigenvalue weighted by Crippen LogP contribution is -2.40. The van der Waals surface area contributed by atoms with Gasteiger partial charge in [-0.15, -0.1) is 22.4 Å². The van der Waals surface area contributed by atoms with Gasteiger partial charge in [0.2, 0.25) is 0 Å². The van der Waals surface area contributed by atoms with Crippen LogP contribution in [0.3, 0.4) is 0 Å². The molecule has 1 aliphatic heterocycles. The van der Waals surface area contributed by atoms with Gasteiger partial charge in [0.1, 0.15) is 5.03 Å². The van der Waals surface area contributed by atoms with Gasteiger partial charge in [0.15, 0.2) is 5.84 Å². The van der Waals surface area contributed by atoms with E-state index in [1.54, 1.807) is 23.9 Å². The monoisotopic (exact) mass is 485 g/mol. The maximum absolute atomic E-state index is 11.0. The minimum Gasteiger partial charge on any atom is -0.266 e. The van der Waals surface area contributed by atoms with Crippen molar-refractivity contribution in [3.05, 3.63) is 117 Å². The van der Waals surface area contributed by atoms with Crippen LogP contribution in [-0.4, -0.2) is 25.5 Å². The molecule has 0 atom stereocenters. The number of rotatable bonds is 8. The maximum Gasteiger partial charge on any atom is 0.269 e. The molecule has 10 heteroatoms. The van der Waals surface area contributed by atoms with Crippen LogP contribution in [0.4, 0.5) is 5.69 Å². The molecule has 0 unspecified atom stereocenters. The first-order valence-electron chi connectivity index (χ1n) is 11.0. The third kappa shape index (κ3) is 4.88. The van der Waals surface area contributed by atoms with Crippen molar-refractivity contribution in [2.45, 2.75) is 24.2 Å². The topological polar surface area (TPSA) is 101 Å². The summed E-state index contributed by atoms with van der Waals surface area (Å²) in [6.07, 6.45) is 1.83. The number of hydrogen-bond donors (Lipinski definition) is 2. The lowest BCUT2D eigenvalue weighted by atomic mass is 10.2. The number of hydrazine groups is 2. The van der Waals surface area contributed by atoms with Gasteiger partial charge in [-0.05, 0) is 29.7 Å². The molecule has 4 aromatic rings. The second-order valence-corrected chi connectivity index (χ2v) is 8.97. The average molecular weight is 486 g/mol. The maximum atomic E-state index is 11.0. The number of hydrogen-bond acceptors (Lipinski definition) is 8. The van der Waals surface area contributed by atoms with Crippen molar-refractivity contribution in [3.8, 4) is 5.69 Å². The summed E-state index contributed by atoms with van der Waals surface area (Å²) in [4.78, 5) is 10.6. The Kier molecular flexibility index (Phi) is 6.47. The van der Waals surface area contributed by atoms with Crippen LogP contribution >= 0.6 is 11.8 Å². The van der Waals surface area contributed by atoms with Crippen LogP contribution in [0.2, 0.25) is 0 Å². The number of nitrogens with one attached hydrogen (secondary N) is 2. The number of aryl methyl sites for hydroxylation is 1. The molecule has 0 spiro atoms. The Labute approximate surface area is 206 Å². The Bertz CT molecular complexity index is 1370. The van der Waals surface area contributed by atoms with E-state index in [1.807, 2.05) is 46.2 Å². The number of aromatic nitrogens is 2. The summed E-state index contributed by atoms with van der Waals surface area (Å²) in [5, 5.41) is 23.0. The Morgan fingerprint density at radius 2 is 1.71 bits per heavy atom. The fourth-order valence-corrected chi connectivity index (χ4v) is 4.87. The van der Waals surface area contributed by atoms with E-state index in [4.69, 9.17) is 5.10 Å². The van der Waals surface area contributed by atoms with E-state index in [9.17, 15) is 10.1 Å². The van der Waals surface area contributed by atoms with Crippen LogP contribution in [0.15, 0.2) is 95.2 Å². The average Bonchev–Trinajstić information content (AvgIpc) is 3.50. The molecule has 1 aliphatic rings. The third-order valence-corrected chi connectivity index (χ3v) is 6.76. The third-order valence-electron chi connectivity index (χ3n) is 5.62. The first-order valence-corrected chi connectivity index (χ1v) is 12.0. The van der Waals surface area contributed by atoms with Crippen LogP contribution in [0.1, 0.15) is 22.3 Å². The van der Waals surface area contributed by atoms with Gasteiger partial charge in [-0.3, -0.25) is 15.1 Å². The van der Waals surface area contributed by atoms with Crippen molar-refractivity contribution < 1.29 is 4.92 Å². The van der Waals surface area contributed by atoms with Gasteiger partial charge in [-0.25, -0.2) is 10.2 Å². The van der Waals surface area contributed by atoms with E-state index in [2.05, 4.69) is 47.4 Å². The molecular formula is C25H23N7O2S. The lowest BCUT2D eigenvalue weighted by molar-refractivity contribution is -0.384. The molecule has 35 heavy (non-hydrogen) atoms. The Morgan fingerprint density at radius 3 is 2.46 bits per heavy atom. The normalized spacial score (nSPS) is 12.9. The van der Waals surface area contributed by atoms with Gasteiger partial charge in [-0.2, -0.15) is 5.10 Å². The molecule has 176 valence electrons. The van der Waals surface area contributed by atoms with E-state index in [-0.39, 0.29) is 5.69 Å². The van der Waals surface area contributed by atoms with E-state index in [0.29, 0.717) is 12.4 Å². The second kappa shape index (κ2) is 10.00. The number of amidine groups is 1. The van der Waals surface area contributed by atoms with Gasteiger partial charge >= 0.3 is 0 Å². The number of nitro groups is 1. The molecule has 3 aromatic carbocycles. The number of non-ortho nitro benzene ring substituents is 1. The zero-order valence-corrected chi connectivity index (χ0v) is 19.8. The quantitative estimate of drug-likeness (QED) is 0.214. The van der Waals surface area contributed by atoms with E-state index < -0.39 is 4.92 Å². The molecule has 5 rings (SSSR count). The SMILES string of the molecule is Cc1ccccc1-n1ncc(C2=NNNN2Cc2ccc([N+](=O)[O-])cc2)c1SCc1ccccc1. The largest absolute Gasteiger partial charge is 0.269 e. The summed E-state index contributed by atoms with van der Waals surface area (Å²) in [6, 6.07) is 25.0. The Morgan fingerprint density at radius 1 is 0.971 bits per heavy atom. The van der Waals surface area contributed by atoms with Crippen LogP contribution in [0.25, 0.3) is 5.69 Å². The smallest absolute Gasteiger partial charge is 0.266 e. The molecule has 9 nitrogen and oxygen atoms in total. The molecule has 1 aromatic heterocycles. The van der Waals surface area contributed by atoms with Crippen molar-refractivity contribution >= 4 is 23.3 Å². The molecule has 0 bridgehead atoms. The molecule has 0 amide bonds. The number of nitrogens with zero attached hydrogens (tertiary/aromatic N) is 5. The van der Waals surface area contributed by atoms with E-state index >= 15 is 0 Å². The van der Waals surface area contributed by atoms with E-state index in [0.717, 1.165) is 33.2 Å². The first-order chi connectivity index (χ1) is 17.1. The Hall–Kier alpha value is -4.15. The molecule has 0 radical (unpaired) electrons. The van der Waals surface area contributed by atoms with Gasteiger partial charge in [0, 0.05) is 17.9 Å². The molecule has 0 aliphatic carbocycles. The summed E-state index contributed by atoms with van der Waals surface area (Å²) in [5.41, 5.74) is 11.1. The minimum atomic E-state index is -0.400. The molecule has 2 heterocycles. The van der Waals surface area contributed by atoms with Crippen molar-refractivity contribution in [2.75, 3.05) is 0 Å². The minimum absolute atomic E-state index is 0.0641. The zero-order valence-electron chi connectivity index (χ0n) is 19.0. The van der Waals surface area contributed by atoms with Gasteiger partial charge in [0.25, 0.3) is 5.69 Å².